The van der Waals surface area contributed by atoms with Crippen molar-refractivity contribution in [2.75, 3.05) is 13.7 Å². The van der Waals surface area contributed by atoms with Crippen molar-refractivity contribution in [1.29, 1.82) is 0 Å². The molecule has 1 aliphatic carbocycles. The predicted molar refractivity (Wildman–Crippen MR) is 67.1 cm³/mol. The van der Waals surface area contributed by atoms with Gasteiger partial charge in [-0.3, -0.25) is 0 Å². The zero-order chi connectivity index (χ0) is 11.4. The van der Waals surface area contributed by atoms with E-state index in [0.717, 1.165) is 24.8 Å². The lowest BCUT2D eigenvalue weighted by atomic mass is 9.93. The van der Waals surface area contributed by atoms with Gasteiger partial charge in [-0.25, -0.2) is 0 Å². The third kappa shape index (κ3) is 2.76. The number of ether oxygens (including phenoxy) is 1. The first-order valence-electron chi connectivity index (χ1n) is 6.16. The molecule has 0 atom stereocenters. The van der Waals surface area contributed by atoms with Gasteiger partial charge in [0.25, 0.3) is 0 Å². The molecule has 0 spiro atoms. The molecule has 0 amide bonds. The van der Waals surface area contributed by atoms with Crippen LogP contribution in [0.5, 0.6) is 5.75 Å². The molecule has 2 rings (SSSR count). The van der Waals surface area contributed by atoms with Gasteiger partial charge in [0.15, 0.2) is 0 Å². The van der Waals surface area contributed by atoms with Crippen molar-refractivity contribution >= 4 is 0 Å². The maximum Gasteiger partial charge on any atom is 0.122 e. The summed E-state index contributed by atoms with van der Waals surface area (Å²) in [5.41, 5.74) is 2.62. The molecule has 0 saturated heterocycles. The Bertz CT molecular complexity index is 345. The second kappa shape index (κ2) is 5.35. The molecule has 2 nitrogen and oxygen atoms in total. The fourth-order valence-corrected chi connectivity index (χ4v) is 2.13. The topological polar surface area (TPSA) is 21.3 Å². The first kappa shape index (κ1) is 11.5. The Morgan fingerprint density at radius 1 is 1.38 bits per heavy atom. The third-order valence-electron chi connectivity index (χ3n) is 3.37. The summed E-state index contributed by atoms with van der Waals surface area (Å²) >= 11 is 0. The highest BCUT2D eigenvalue weighted by molar-refractivity contribution is 5.37. The minimum atomic E-state index is 0.774. The molecular weight excluding hydrogens is 198 g/mol. The lowest BCUT2D eigenvalue weighted by molar-refractivity contribution is 0.340. The van der Waals surface area contributed by atoms with Gasteiger partial charge in [-0.05, 0) is 44.4 Å². The maximum atomic E-state index is 5.37. The standard InChI is InChI=1S/C14H21NO/c1-11-6-7-14(16-2)12(10-11)8-9-15-13-4-3-5-13/h6-7,10,13,15H,3-5,8-9H2,1-2H3. The number of hydrogen-bond donors (Lipinski definition) is 1. The van der Waals surface area contributed by atoms with Crippen molar-refractivity contribution in [2.45, 2.75) is 38.6 Å². The van der Waals surface area contributed by atoms with E-state index in [4.69, 9.17) is 4.74 Å². The first-order chi connectivity index (χ1) is 7.79. The maximum absolute atomic E-state index is 5.37. The molecule has 1 aromatic rings. The second-order valence-corrected chi connectivity index (χ2v) is 4.65. The smallest absolute Gasteiger partial charge is 0.122 e. The number of nitrogens with one attached hydrogen (secondary N) is 1. The van der Waals surface area contributed by atoms with Gasteiger partial charge in [-0.1, -0.05) is 24.1 Å². The van der Waals surface area contributed by atoms with E-state index in [9.17, 15) is 0 Å². The molecule has 1 aliphatic rings. The van der Waals surface area contributed by atoms with Gasteiger partial charge < -0.3 is 10.1 Å². The Labute approximate surface area is 98.0 Å². The van der Waals surface area contributed by atoms with Gasteiger partial charge in [-0.15, -0.1) is 0 Å². The number of benzene rings is 1. The predicted octanol–water partition coefficient (Wildman–Crippen LogP) is 2.69. The highest BCUT2D eigenvalue weighted by Crippen LogP contribution is 2.21. The minimum absolute atomic E-state index is 0.774. The van der Waals surface area contributed by atoms with Gasteiger partial charge in [0, 0.05) is 6.04 Å². The van der Waals surface area contributed by atoms with Crippen LogP contribution in [-0.2, 0) is 6.42 Å². The lowest BCUT2D eigenvalue weighted by Crippen LogP contribution is -2.36. The highest BCUT2D eigenvalue weighted by atomic mass is 16.5. The summed E-state index contributed by atoms with van der Waals surface area (Å²) in [6.45, 7) is 3.19. The summed E-state index contributed by atoms with van der Waals surface area (Å²) in [7, 11) is 1.74. The van der Waals surface area contributed by atoms with Crippen LogP contribution in [0.1, 0.15) is 30.4 Å². The zero-order valence-electron chi connectivity index (χ0n) is 10.3. The van der Waals surface area contributed by atoms with Crippen LogP contribution in [0.2, 0.25) is 0 Å². The Balaban J connectivity index is 1.88. The van der Waals surface area contributed by atoms with Crippen LogP contribution >= 0.6 is 0 Å². The van der Waals surface area contributed by atoms with Gasteiger partial charge in [0.1, 0.15) is 5.75 Å². The molecule has 1 fully saturated rings. The molecule has 0 aromatic heterocycles. The molecule has 1 saturated carbocycles. The number of aryl methyl sites for hydroxylation is 1. The van der Waals surface area contributed by atoms with Gasteiger partial charge in [0.05, 0.1) is 7.11 Å². The Hall–Kier alpha value is -1.02. The number of hydrogen-bond acceptors (Lipinski definition) is 2. The summed E-state index contributed by atoms with van der Waals surface area (Å²) in [5.74, 6) is 1.01. The fourth-order valence-electron chi connectivity index (χ4n) is 2.13. The molecule has 0 unspecified atom stereocenters. The molecular formula is C14H21NO. The van der Waals surface area contributed by atoms with E-state index in [0.29, 0.717) is 0 Å². The SMILES string of the molecule is COc1ccc(C)cc1CCNC1CCC1. The molecule has 0 bridgehead atoms. The average molecular weight is 219 g/mol. The number of methoxy groups -OCH3 is 1. The first-order valence-corrected chi connectivity index (χ1v) is 6.16. The molecule has 16 heavy (non-hydrogen) atoms. The fraction of sp³-hybridized carbons (Fsp3) is 0.571. The van der Waals surface area contributed by atoms with E-state index in [-0.39, 0.29) is 0 Å². The van der Waals surface area contributed by atoms with Crippen molar-refractivity contribution in [3.8, 4) is 5.75 Å². The van der Waals surface area contributed by atoms with Crippen molar-refractivity contribution in [3.05, 3.63) is 29.3 Å². The summed E-state index contributed by atoms with van der Waals surface area (Å²) in [6.07, 6.45) is 5.16. The Kier molecular flexibility index (Phi) is 3.83. The Morgan fingerprint density at radius 3 is 2.81 bits per heavy atom. The van der Waals surface area contributed by atoms with E-state index in [1.165, 1.54) is 30.4 Å². The van der Waals surface area contributed by atoms with E-state index >= 15 is 0 Å². The van der Waals surface area contributed by atoms with Crippen LogP contribution in [0.15, 0.2) is 18.2 Å². The average Bonchev–Trinajstić information content (AvgIpc) is 2.22. The van der Waals surface area contributed by atoms with Crippen molar-refractivity contribution < 1.29 is 4.74 Å². The van der Waals surface area contributed by atoms with Crippen LogP contribution in [0, 0.1) is 6.92 Å². The van der Waals surface area contributed by atoms with Gasteiger partial charge in [-0.2, -0.15) is 0 Å². The summed E-state index contributed by atoms with van der Waals surface area (Å²) < 4.78 is 5.37. The van der Waals surface area contributed by atoms with Crippen LogP contribution < -0.4 is 10.1 Å². The molecule has 88 valence electrons. The number of rotatable bonds is 5. The van der Waals surface area contributed by atoms with Crippen molar-refractivity contribution in [2.24, 2.45) is 0 Å². The lowest BCUT2D eigenvalue weighted by Gasteiger charge is -2.26. The summed E-state index contributed by atoms with van der Waals surface area (Å²) in [5, 5.41) is 3.58. The quantitative estimate of drug-likeness (QED) is 0.822. The molecule has 1 N–H and O–H groups in total. The highest BCUT2D eigenvalue weighted by Gasteiger charge is 2.16. The zero-order valence-corrected chi connectivity index (χ0v) is 10.3. The van der Waals surface area contributed by atoms with Crippen LogP contribution in [0.25, 0.3) is 0 Å². The van der Waals surface area contributed by atoms with Crippen molar-refractivity contribution in [3.63, 3.8) is 0 Å². The van der Waals surface area contributed by atoms with E-state index in [1.807, 2.05) is 0 Å². The molecule has 0 radical (unpaired) electrons. The third-order valence-corrected chi connectivity index (χ3v) is 3.37. The summed E-state index contributed by atoms with van der Waals surface area (Å²) in [6, 6.07) is 7.16. The normalized spacial score (nSPS) is 15.9. The molecule has 0 aliphatic heterocycles. The van der Waals surface area contributed by atoms with E-state index < -0.39 is 0 Å². The molecule has 1 aromatic carbocycles. The van der Waals surface area contributed by atoms with Gasteiger partial charge >= 0.3 is 0 Å². The molecule has 0 heterocycles. The largest absolute Gasteiger partial charge is 0.496 e. The minimum Gasteiger partial charge on any atom is -0.496 e. The molecule has 2 heteroatoms. The monoisotopic (exact) mass is 219 g/mol. The Morgan fingerprint density at radius 2 is 2.19 bits per heavy atom. The van der Waals surface area contributed by atoms with Gasteiger partial charge in [0.2, 0.25) is 0 Å². The van der Waals surface area contributed by atoms with Crippen LogP contribution in [-0.4, -0.2) is 19.7 Å². The van der Waals surface area contributed by atoms with E-state index in [1.54, 1.807) is 7.11 Å². The second-order valence-electron chi connectivity index (χ2n) is 4.65. The van der Waals surface area contributed by atoms with E-state index in [2.05, 4.69) is 30.4 Å². The van der Waals surface area contributed by atoms with Crippen LogP contribution in [0.4, 0.5) is 0 Å². The van der Waals surface area contributed by atoms with Crippen LogP contribution in [0.3, 0.4) is 0 Å². The summed E-state index contributed by atoms with van der Waals surface area (Å²) in [4.78, 5) is 0. The van der Waals surface area contributed by atoms with Crippen molar-refractivity contribution in [1.82, 2.24) is 5.32 Å².